The molecule has 1 aromatic heterocycles. The van der Waals surface area contributed by atoms with Gasteiger partial charge in [-0.25, -0.2) is 17.8 Å². The minimum absolute atomic E-state index is 0.0223. The van der Waals surface area contributed by atoms with E-state index in [0.29, 0.717) is 24.2 Å². The van der Waals surface area contributed by atoms with Crippen molar-refractivity contribution in [2.24, 2.45) is 0 Å². The number of fused-ring (bicyclic) bond motifs is 1. The lowest BCUT2D eigenvalue weighted by Crippen LogP contribution is -2.35. The van der Waals surface area contributed by atoms with E-state index in [1.165, 1.54) is 34.8 Å². The molecule has 0 saturated heterocycles. The highest BCUT2D eigenvalue weighted by Gasteiger charge is 2.31. The maximum atomic E-state index is 14.1. The van der Waals surface area contributed by atoms with Crippen LogP contribution in [-0.4, -0.2) is 25.9 Å². The zero-order chi connectivity index (χ0) is 22.2. The molecule has 1 amide bonds. The van der Waals surface area contributed by atoms with Gasteiger partial charge < -0.3 is 5.32 Å². The number of benzene rings is 2. The largest absolute Gasteiger partial charge is 0.322 e. The van der Waals surface area contributed by atoms with Crippen molar-refractivity contribution in [1.82, 2.24) is 4.98 Å². The number of aromatic nitrogens is 1. The first-order valence-electron chi connectivity index (χ1n) is 9.30. The number of amides is 1. The molecule has 0 unspecified atom stereocenters. The maximum Gasteiger partial charge on any atom is 0.267 e. The van der Waals surface area contributed by atoms with Gasteiger partial charge in [0.25, 0.3) is 15.9 Å². The first-order valence-corrected chi connectivity index (χ1v) is 11.5. The predicted octanol–water partition coefficient (Wildman–Crippen LogP) is 4.92. The molecule has 1 aliphatic heterocycles. The number of hydrogen-bond donors (Lipinski definition) is 1. The summed E-state index contributed by atoms with van der Waals surface area (Å²) in [4.78, 5) is 16.3. The Kier molecular flexibility index (Phi) is 5.88. The minimum atomic E-state index is -3.97. The Balaban J connectivity index is 1.70. The predicted molar refractivity (Wildman–Crippen MR) is 118 cm³/mol. The number of rotatable bonds is 4. The number of hydrogen-bond acceptors (Lipinski definition) is 4. The lowest BCUT2D eigenvalue weighted by Gasteiger charge is -2.31. The second-order valence-electron chi connectivity index (χ2n) is 6.87. The van der Waals surface area contributed by atoms with Gasteiger partial charge in [-0.15, -0.1) is 0 Å². The van der Waals surface area contributed by atoms with Crippen molar-refractivity contribution in [2.45, 2.75) is 17.7 Å². The van der Waals surface area contributed by atoms with Crippen molar-refractivity contribution in [3.8, 4) is 0 Å². The zero-order valence-corrected chi connectivity index (χ0v) is 18.3. The summed E-state index contributed by atoms with van der Waals surface area (Å²) in [6.07, 6.45) is 2.71. The van der Waals surface area contributed by atoms with Gasteiger partial charge in [-0.1, -0.05) is 35.3 Å². The Hall–Kier alpha value is -2.68. The third-order valence-corrected chi connectivity index (χ3v) is 7.47. The van der Waals surface area contributed by atoms with Crippen LogP contribution >= 0.6 is 23.2 Å². The molecule has 0 spiro atoms. The van der Waals surface area contributed by atoms with E-state index in [9.17, 15) is 17.6 Å². The van der Waals surface area contributed by atoms with Crippen molar-refractivity contribution in [3.63, 3.8) is 0 Å². The molecule has 2 aromatic carbocycles. The Labute approximate surface area is 188 Å². The number of carbonyl (C=O) groups is 1. The summed E-state index contributed by atoms with van der Waals surface area (Å²) in [5, 5.41) is 2.45. The van der Waals surface area contributed by atoms with Crippen LogP contribution in [0.3, 0.4) is 0 Å². The molecule has 0 bridgehead atoms. The number of anilines is 2. The molecule has 0 saturated carbocycles. The van der Waals surface area contributed by atoms with Gasteiger partial charge in [-0.3, -0.25) is 9.10 Å². The van der Waals surface area contributed by atoms with Gasteiger partial charge in [0, 0.05) is 18.4 Å². The van der Waals surface area contributed by atoms with Crippen molar-refractivity contribution >= 4 is 50.5 Å². The monoisotopic (exact) mass is 479 g/mol. The molecule has 1 aliphatic rings. The quantitative estimate of drug-likeness (QED) is 0.538. The number of nitrogens with zero attached hydrogens (tertiary/aromatic N) is 2. The van der Waals surface area contributed by atoms with E-state index in [0.717, 1.165) is 11.6 Å². The zero-order valence-electron chi connectivity index (χ0n) is 16.0. The van der Waals surface area contributed by atoms with Gasteiger partial charge in [0.05, 0.1) is 16.3 Å². The van der Waals surface area contributed by atoms with Gasteiger partial charge in [0.1, 0.15) is 15.9 Å². The van der Waals surface area contributed by atoms with E-state index < -0.39 is 21.7 Å². The highest BCUT2D eigenvalue weighted by atomic mass is 35.5. The summed E-state index contributed by atoms with van der Waals surface area (Å²) in [6.45, 7) is 0.247. The van der Waals surface area contributed by atoms with Gasteiger partial charge in [0.2, 0.25) is 0 Å². The van der Waals surface area contributed by atoms with Gasteiger partial charge >= 0.3 is 0 Å². The fourth-order valence-corrected chi connectivity index (χ4v) is 5.67. The fraction of sp³-hybridized carbons (Fsp3) is 0.143. The van der Waals surface area contributed by atoms with Crippen LogP contribution in [-0.2, 0) is 16.4 Å². The Bertz CT molecular complexity index is 1260. The minimum Gasteiger partial charge on any atom is -0.322 e. The van der Waals surface area contributed by atoms with Crippen LogP contribution in [0.4, 0.5) is 15.8 Å². The molecule has 0 radical (unpaired) electrons. The average molecular weight is 480 g/mol. The second kappa shape index (κ2) is 8.45. The van der Waals surface area contributed by atoms with Gasteiger partial charge in [0.15, 0.2) is 0 Å². The summed E-state index contributed by atoms with van der Waals surface area (Å²) in [6, 6.07) is 11.8. The molecule has 0 atom stereocenters. The van der Waals surface area contributed by atoms with E-state index in [1.807, 2.05) is 0 Å². The van der Waals surface area contributed by atoms with Crippen LogP contribution < -0.4 is 9.62 Å². The van der Waals surface area contributed by atoms with Crippen molar-refractivity contribution in [2.75, 3.05) is 16.2 Å². The lowest BCUT2D eigenvalue weighted by atomic mass is 10.0. The van der Waals surface area contributed by atoms with Crippen LogP contribution in [0.1, 0.15) is 22.3 Å². The standard InChI is InChI=1S/C21H16Cl2FN3O3S/c22-15-5-1-6-16(24)19(15)21(28)26-14-9-8-13-4-3-11-27(17(13)12-14)31(29,30)18-7-2-10-25-20(18)23/h1-2,5-10,12H,3-4,11H2,(H,26,28). The number of halogens is 3. The SMILES string of the molecule is O=C(Nc1ccc2c(c1)N(S(=O)(=O)c1cccnc1Cl)CCC2)c1c(F)cccc1Cl. The highest BCUT2D eigenvalue weighted by molar-refractivity contribution is 7.93. The average Bonchev–Trinajstić information content (AvgIpc) is 2.73. The van der Waals surface area contributed by atoms with E-state index in [4.69, 9.17) is 23.2 Å². The molecule has 0 fully saturated rings. The van der Waals surface area contributed by atoms with Crippen LogP contribution in [0, 0.1) is 5.82 Å². The van der Waals surface area contributed by atoms with Crippen molar-refractivity contribution < 1.29 is 17.6 Å². The molecule has 10 heteroatoms. The van der Waals surface area contributed by atoms with Crippen LogP contribution in [0.25, 0.3) is 0 Å². The number of carbonyl (C=O) groups excluding carboxylic acids is 1. The Morgan fingerprint density at radius 2 is 1.94 bits per heavy atom. The highest BCUT2D eigenvalue weighted by Crippen LogP contribution is 2.35. The van der Waals surface area contributed by atoms with E-state index in [2.05, 4.69) is 10.3 Å². The van der Waals surface area contributed by atoms with Crippen molar-refractivity contribution in [3.05, 3.63) is 81.8 Å². The van der Waals surface area contributed by atoms with Crippen molar-refractivity contribution in [1.29, 1.82) is 0 Å². The molecule has 31 heavy (non-hydrogen) atoms. The van der Waals surface area contributed by atoms with Crippen LogP contribution in [0.5, 0.6) is 0 Å². The molecule has 1 N–H and O–H groups in total. The molecule has 2 heterocycles. The summed E-state index contributed by atoms with van der Waals surface area (Å²) >= 11 is 12.0. The van der Waals surface area contributed by atoms with Crippen LogP contribution in [0.2, 0.25) is 10.2 Å². The first kappa shape index (κ1) is 21.5. The van der Waals surface area contributed by atoms with E-state index in [-0.39, 0.29) is 27.2 Å². The van der Waals surface area contributed by atoms with E-state index >= 15 is 0 Å². The topological polar surface area (TPSA) is 79.4 Å². The lowest BCUT2D eigenvalue weighted by molar-refractivity contribution is 0.102. The molecule has 3 aromatic rings. The first-order chi connectivity index (χ1) is 14.8. The van der Waals surface area contributed by atoms with Gasteiger partial charge in [-0.05, 0) is 54.8 Å². The molecule has 160 valence electrons. The maximum absolute atomic E-state index is 14.1. The number of pyridine rings is 1. The molecule has 0 aliphatic carbocycles. The second-order valence-corrected chi connectivity index (χ2v) is 9.46. The summed E-state index contributed by atoms with van der Waals surface area (Å²) < 4.78 is 41.8. The third kappa shape index (κ3) is 4.11. The molecule has 4 rings (SSSR count). The van der Waals surface area contributed by atoms with Crippen LogP contribution in [0.15, 0.2) is 59.6 Å². The molecular formula is C21H16Cl2FN3O3S. The summed E-state index contributed by atoms with van der Waals surface area (Å²) in [5.74, 6) is -1.48. The number of aryl methyl sites for hydroxylation is 1. The Morgan fingerprint density at radius 3 is 2.68 bits per heavy atom. The number of nitrogens with one attached hydrogen (secondary N) is 1. The summed E-state index contributed by atoms with van der Waals surface area (Å²) in [5.41, 5.74) is 1.25. The molecule has 6 nitrogen and oxygen atoms in total. The molecular weight excluding hydrogens is 464 g/mol. The summed E-state index contributed by atoms with van der Waals surface area (Å²) in [7, 11) is -3.97. The van der Waals surface area contributed by atoms with Gasteiger partial charge in [-0.2, -0.15) is 0 Å². The smallest absolute Gasteiger partial charge is 0.267 e. The fourth-order valence-electron chi connectivity index (χ4n) is 3.46. The normalized spacial score (nSPS) is 13.6. The number of sulfonamides is 1. The third-order valence-electron chi connectivity index (χ3n) is 4.90. The Morgan fingerprint density at radius 1 is 1.13 bits per heavy atom. The van der Waals surface area contributed by atoms with E-state index in [1.54, 1.807) is 18.2 Å².